The minimum Gasteiger partial charge on any atom is -0.469 e. The SMILES string of the molecule is COC(=O)CC(c1ccc(F)cc1C(F)(F)F)C(C)N. The molecule has 0 radical (unpaired) electrons. The number of esters is 1. The fourth-order valence-corrected chi connectivity index (χ4v) is 1.94. The zero-order valence-corrected chi connectivity index (χ0v) is 11.0. The second kappa shape index (κ2) is 6.21. The molecule has 2 atom stereocenters. The summed E-state index contributed by atoms with van der Waals surface area (Å²) in [6.07, 6.45) is -5.02. The lowest BCUT2D eigenvalue weighted by Crippen LogP contribution is -2.29. The fourth-order valence-electron chi connectivity index (χ4n) is 1.94. The lowest BCUT2D eigenvalue weighted by molar-refractivity contribution is -0.143. The van der Waals surface area contributed by atoms with Crippen molar-refractivity contribution in [2.75, 3.05) is 7.11 Å². The average Bonchev–Trinajstić information content (AvgIpc) is 2.34. The van der Waals surface area contributed by atoms with E-state index >= 15 is 0 Å². The standard InChI is InChI=1S/C13H15F4NO2/c1-7(18)10(6-12(19)20-2)9-4-3-8(14)5-11(9)13(15,16)17/h3-5,7,10H,6,18H2,1-2H3. The number of halogens is 4. The van der Waals surface area contributed by atoms with Crippen molar-refractivity contribution in [3.8, 4) is 0 Å². The first-order chi connectivity index (χ1) is 9.16. The molecule has 0 saturated carbocycles. The minimum absolute atomic E-state index is 0.209. The first-order valence-electron chi connectivity index (χ1n) is 5.85. The van der Waals surface area contributed by atoms with E-state index in [4.69, 9.17) is 5.73 Å². The largest absolute Gasteiger partial charge is 0.469 e. The topological polar surface area (TPSA) is 52.3 Å². The van der Waals surface area contributed by atoms with Gasteiger partial charge in [0.1, 0.15) is 5.82 Å². The molecule has 1 aromatic carbocycles. The Bertz CT molecular complexity index is 486. The molecule has 0 aromatic heterocycles. The first kappa shape index (κ1) is 16.4. The van der Waals surface area contributed by atoms with Crippen molar-refractivity contribution in [1.82, 2.24) is 0 Å². The number of benzene rings is 1. The van der Waals surface area contributed by atoms with E-state index in [1.807, 2.05) is 0 Å². The maximum absolute atomic E-state index is 13.0. The number of rotatable bonds is 4. The van der Waals surface area contributed by atoms with Crippen molar-refractivity contribution >= 4 is 5.97 Å². The Morgan fingerprint density at radius 1 is 1.40 bits per heavy atom. The summed E-state index contributed by atoms with van der Waals surface area (Å²) in [7, 11) is 1.13. The van der Waals surface area contributed by atoms with Crippen molar-refractivity contribution in [3.05, 3.63) is 35.1 Å². The number of ether oxygens (including phenoxy) is 1. The van der Waals surface area contributed by atoms with Crippen LogP contribution in [-0.2, 0) is 15.7 Å². The van der Waals surface area contributed by atoms with Gasteiger partial charge in [-0.2, -0.15) is 13.2 Å². The van der Waals surface area contributed by atoms with Gasteiger partial charge in [-0.15, -0.1) is 0 Å². The maximum atomic E-state index is 13.0. The molecular formula is C13H15F4NO2. The molecule has 2 N–H and O–H groups in total. The molecule has 7 heteroatoms. The normalized spacial score (nSPS) is 14.8. The van der Waals surface area contributed by atoms with E-state index in [1.165, 1.54) is 6.92 Å². The van der Waals surface area contributed by atoms with Crippen LogP contribution in [0.2, 0.25) is 0 Å². The highest BCUT2D eigenvalue weighted by atomic mass is 19.4. The summed E-state index contributed by atoms with van der Waals surface area (Å²) >= 11 is 0. The summed E-state index contributed by atoms with van der Waals surface area (Å²) in [6, 6.07) is 1.61. The Morgan fingerprint density at radius 3 is 2.45 bits per heavy atom. The summed E-state index contributed by atoms with van der Waals surface area (Å²) in [5, 5.41) is 0. The van der Waals surface area contributed by atoms with E-state index in [1.54, 1.807) is 0 Å². The molecule has 1 aromatic rings. The van der Waals surface area contributed by atoms with E-state index < -0.39 is 35.5 Å². The van der Waals surface area contributed by atoms with E-state index in [0.717, 1.165) is 19.2 Å². The third-order valence-electron chi connectivity index (χ3n) is 2.97. The number of methoxy groups -OCH3 is 1. The average molecular weight is 293 g/mol. The van der Waals surface area contributed by atoms with Crippen LogP contribution in [0.1, 0.15) is 30.4 Å². The van der Waals surface area contributed by atoms with Gasteiger partial charge in [0.15, 0.2) is 0 Å². The van der Waals surface area contributed by atoms with Crippen molar-refractivity contribution in [3.63, 3.8) is 0 Å². The molecule has 0 aliphatic heterocycles. The zero-order chi connectivity index (χ0) is 15.5. The minimum atomic E-state index is -4.72. The lowest BCUT2D eigenvalue weighted by Gasteiger charge is -2.24. The molecule has 0 saturated heterocycles. The summed E-state index contributed by atoms with van der Waals surface area (Å²) in [5.41, 5.74) is 4.32. The number of nitrogens with two attached hydrogens (primary N) is 1. The summed E-state index contributed by atoms with van der Waals surface area (Å²) < 4.78 is 56.3. The van der Waals surface area contributed by atoms with Gasteiger partial charge in [0, 0.05) is 12.0 Å². The van der Waals surface area contributed by atoms with Gasteiger partial charge in [0.05, 0.1) is 19.1 Å². The molecule has 1 rings (SSSR count). The molecule has 0 aliphatic carbocycles. The van der Waals surface area contributed by atoms with E-state index in [0.29, 0.717) is 6.07 Å². The molecule has 2 unspecified atom stereocenters. The number of alkyl halides is 3. The highest BCUT2D eigenvalue weighted by Crippen LogP contribution is 2.37. The molecule has 3 nitrogen and oxygen atoms in total. The molecular weight excluding hydrogens is 278 g/mol. The van der Waals surface area contributed by atoms with Gasteiger partial charge in [-0.1, -0.05) is 6.07 Å². The van der Waals surface area contributed by atoms with Crippen LogP contribution >= 0.6 is 0 Å². The van der Waals surface area contributed by atoms with Crippen LogP contribution < -0.4 is 5.73 Å². The van der Waals surface area contributed by atoms with Crippen LogP contribution in [-0.4, -0.2) is 19.1 Å². The lowest BCUT2D eigenvalue weighted by atomic mass is 9.86. The summed E-state index contributed by atoms with van der Waals surface area (Å²) in [6.45, 7) is 1.48. The third kappa shape index (κ3) is 3.93. The van der Waals surface area contributed by atoms with E-state index in [-0.39, 0.29) is 12.0 Å². The van der Waals surface area contributed by atoms with Crippen molar-refractivity contribution in [2.24, 2.45) is 5.73 Å². The summed E-state index contributed by atoms with van der Waals surface area (Å²) in [4.78, 5) is 11.3. The highest BCUT2D eigenvalue weighted by Gasteiger charge is 2.37. The molecule has 20 heavy (non-hydrogen) atoms. The van der Waals surface area contributed by atoms with Gasteiger partial charge >= 0.3 is 12.1 Å². The van der Waals surface area contributed by atoms with Crippen LogP contribution in [0.15, 0.2) is 18.2 Å². The van der Waals surface area contributed by atoms with Crippen LogP contribution in [0.3, 0.4) is 0 Å². The van der Waals surface area contributed by atoms with E-state index in [9.17, 15) is 22.4 Å². The Hall–Kier alpha value is -1.63. The second-order valence-corrected chi connectivity index (χ2v) is 4.48. The second-order valence-electron chi connectivity index (χ2n) is 4.48. The molecule has 0 spiro atoms. The molecule has 0 aliphatic rings. The van der Waals surface area contributed by atoms with Crippen LogP contribution in [0.5, 0.6) is 0 Å². The number of carbonyl (C=O) groups excluding carboxylic acids is 1. The smallest absolute Gasteiger partial charge is 0.416 e. The van der Waals surface area contributed by atoms with Crippen LogP contribution in [0.25, 0.3) is 0 Å². The molecule has 0 bridgehead atoms. The first-order valence-corrected chi connectivity index (χ1v) is 5.85. The van der Waals surface area contributed by atoms with Gasteiger partial charge in [-0.05, 0) is 24.6 Å². The monoisotopic (exact) mass is 293 g/mol. The number of carbonyl (C=O) groups is 1. The number of hydrogen-bond acceptors (Lipinski definition) is 3. The van der Waals surface area contributed by atoms with Crippen molar-refractivity contribution < 1.29 is 27.1 Å². The van der Waals surface area contributed by atoms with Crippen LogP contribution in [0.4, 0.5) is 17.6 Å². The van der Waals surface area contributed by atoms with Crippen molar-refractivity contribution in [1.29, 1.82) is 0 Å². The Kier molecular flexibility index (Phi) is 5.10. The van der Waals surface area contributed by atoms with Gasteiger partial charge in [-0.3, -0.25) is 4.79 Å². The van der Waals surface area contributed by atoms with Crippen molar-refractivity contribution in [2.45, 2.75) is 31.5 Å². The number of hydrogen-bond donors (Lipinski definition) is 1. The molecule has 0 amide bonds. The summed E-state index contributed by atoms with van der Waals surface area (Å²) in [5.74, 6) is -2.58. The maximum Gasteiger partial charge on any atom is 0.416 e. The van der Waals surface area contributed by atoms with Gasteiger partial charge in [0.2, 0.25) is 0 Å². The van der Waals surface area contributed by atoms with Gasteiger partial charge < -0.3 is 10.5 Å². The van der Waals surface area contributed by atoms with E-state index in [2.05, 4.69) is 4.74 Å². The predicted octanol–water partition coefficient (Wildman–Crippen LogP) is 2.84. The molecule has 0 heterocycles. The zero-order valence-electron chi connectivity index (χ0n) is 11.0. The molecule has 0 fully saturated rings. The van der Waals surface area contributed by atoms with Gasteiger partial charge in [-0.25, -0.2) is 4.39 Å². The Balaban J connectivity index is 3.30. The molecule has 112 valence electrons. The third-order valence-corrected chi connectivity index (χ3v) is 2.97. The quantitative estimate of drug-likeness (QED) is 0.686. The fraction of sp³-hybridized carbons (Fsp3) is 0.462. The Morgan fingerprint density at radius 2 is 2.00 bits per heavy atom. The van der Waals surface area contributed by atoms with Crippen LogP contribution in [0, 0.1) is 5.82 Å². The predicted molar refractivity (Wildman–Crippen MR) is 64.4 cm³/mol. The highest BCUT2D eigenvalue weighted by molar-refractivity contribution is 5.70. The van der Waals surface area contributed by atoms with Gasteiger partial charge in [0.25, 0.3) is 0 Å². The Labute approximate surface area is 113 Å².